The van der Waals surface area contributed by atoms with Crippen LogP contribution in [0.2, 0.25) is 0 Å². The summed E-state index contributed by atoms with van der Waals surface area (Å²) in [4.78, 5) is 0.535. The van der Waals surface area contributed by atoms with E-state index in [9.17, 15) is 8.42 Å². The summed E-state index contributed by atoms with van der Waals surface area (Å²) in [5.74, 6) is 0.717. The van der Waals surface area contributed by atoms with Gasteiger partial charge in [-0.05, 0) is 30.5 Å². The van der Waals surface area contributed by atoms with Gasteiger partial charge in [-0.15, -0.1) is 0 Å². The maximum Gasteiger partial charge on any atom is 0.179 e. The molecule has 0 saturated heterocycles. The average molecular weight is 311 g/mol. The molecule has 2 rings (SSSR count). The van der Waals surface area contributed by atoms with E-state index < -0.39 is 9.84 Å². The molecule has 5 heteroatoms. The lowest BCUT2D eigenvalue weighted by atomic mass is 9.84. The zero-order valence-electron chi connectivity index (χ0n) is 12.8. The Hall–Kier alpha value is -0.910. The van der Waals surface area contributed by atoms with Crippen molar-refractivity contribution < 1.29 is 13.2 Å². The lowest BCUT2D eigenvalue weighted by molar-refractivity contribution is 0.196. The molecule has 0 bridgehead atoms. The molecular formula is C16H25NO3S. The van der Waals surface area contributed by atoms with Crippen LogP contribution >= 0.6 is 0 Å². The van der Waals surface area contributed by atoms with Gasteiger partial charge in [0.2, 0.25) is 0 Å². The van der Waals surface area contributed by atoms with Crippen molar-refractivity contribution in [1.29, 1.82) is 0 Å². The van der Waals surface area contributed by atoms with Crippen LogP contribution in [0.1, 0.15) is 31.2 Å². The molecule has 2 unspecified atom stereocenters. The Balaban J connectivity index is 2.14. The van der Waals surface area contributed by atoms with E-state index >= 15 is 0 Å². The SMILES string of the molecule is CCCC(CNCCOC)C1CS(=O)(=O)c2ccccc21. The number of ether oxygens (including phenoxy) is 1. The highest BCUT2D eigenvalue weighted by Gasteiger charge is 2.38. The second kappa shape index (κ2) is 7.38. The summed E-state index contributed by atoms with van der Waals surface area (Å²) < 4.78 is 29.7. The second-order valence-corrected chi connectivity index (χ2v) is 7.67. The van der Waals surface area contributed by atoms with E-state index in [2.05, 4.69) is 12.2 Å². The predicted octanol–water partition coefficient (Wildman–Crippen LogP) is 2.21. The average Bonchev–Trinajstić information content (AvgIpc) is 2.75. The molecular weight excluding hydrogens is 286 g/mol. The highest BCUT2D eigenvalue weighted by Crippen LogP contribution is 2.40. The van der Waals surface area contributed by atoms with E-state index in [0.29, 0.717) is 17.4 Å². The molecule has 1 aromatic rings. The molecule has 0 saturated carbocycles. The summed E-state index contributed by atoms with van der Waals surface area (Å²) >= 11 is 0. The van der Waals surface area contributed by atoms with Crippen LogP contribution < -0.4 is 5.32 Å². The molecule has 0 aliphatic carbocycles. The topological polar surface area (TPSA) is 55.4 Å². The summed E-state index contributed by atoms with van der Waals surface area (Å²) in [5.41, 5.74) is 1.00. The van der Waals surface area contributed by atoms with Crippen LogP contribution in [0.15, 0.2) is 29.2 Å². The highest BCUT2D eigenvalue weighted by atomic mass is 32.2. The standard InChI is InChI=1S/C16H25NO3S/c1-3-6-13(11-17-9-10-20-2)15-12-21(18,19)16-8-5-4-7-14(15)16/h4-5,7-8,13,15,17H,3,6,9-12H2,1-2H3. The molecule has 1 aliphatic rings. The van der Waals surface area contributed by atoms with Gasteiger partial charge in [-0.1, -0.05) is 31.5 Å². The van der Waals surface area contributed by atoms with Gasteiger partial charge in [-0.2, -0.15) is 0 Å². The summed E-state index contributed by atoms with van der Waals surface area (Å²) in [6.07, 6.45) is 2.10. The summed E-state index contributed by atoms with van der Waals surface area (Å²) in [6, 6.07) is 7.47. The van der Waals surface area contributed by atoms with Crippen molar-refractivity contribution in [2.45, 2.75) is 30.6 Å². The Morgan fingerprint density at radius 2 is 2.14 bits per heavy atom. The van der Waals surface area contributed by atoms with Crippen LogP contribution in [-0.4, -0.2) is 41.0 Å². The van der Waals surface area contributed by atoms with Crippen molar-refractivity contribution in [3.05, 3.63) is 29.8 Å². The third-order valence-electron chi connectivity index (χ3n) is 4.17. The van der Waals surface area contributed by atoms with Crippen LogP contribution in [0.3, 0.4) is 0 Å². The molecule has 118 valence electrons. The first-order valence-corrected chi connectivity index (χ1v) is 9.26. The molecule has 0 amide bonds. The lowest BCUT2D eigenvalue weighted by Gasteiger charge is -2.23. The number of benzene rings is 1. The first-order valence-electron chi connectivity index (χ1n) is 7.61. The smallest absolute Gasteiger partial charge is 0.179 e. The zero-order valence-corrected chi connectivity index (χ0v) is 13.7. The fourth-order valence-corrected chi connectivity index (χ4v) is 5.12. The zero-order chi connectivity index (χ0) is 15.3. The van der Waals surface area contributed by atoms with Gasteiger partial charge in [0.05, 0.1) is 17.3 Å². The van der Waals surface area contributed by atoms with Gasteiger partial charge in [-0.25, -0.2) is 8.42 Å². The minimum absolute atomic E-state index is 0.112. The van der Waals surface area contributed by atoms with Crippen molar-refractivity contribution >= 4 is 9.84 Å². The largest absolute Gasteiger partial charge is 0.383 e. The molecule has 21 heavy (non-hydrogen) atoms. The van der Waals surface area contributed by atoms with Crippen molar-refractivity contribution in [2.24, 2.45) is 5.92 Å². The number of nitrogens with one attached hydrogen (secondary N) is 1. The fraction of sp³-hybridized carbons (Fsp3) is 0.625. The second-order valence-electron chi connectivity index (χ2n) is 5.67. The quantitative estimate of drug-likeness (QED) is 0.748. The van der Waals surface area contributed by atoms with E-state index in [1.807, 2.05) is 18.2 Å². The monoisotopic (exact) mass is 311 g/mol. The van der Waals surface area contributed by atoms with E-state index in [1.165, 1.54) is 0 Å². The summed E-state index contributed by atoms with van der Waals surface area (Å²) in [7, 11) is -1.42. The van der Waals surface area contributed by atoms with Gasteiger partial charge in [0.15, 0.2) is 9.84 Å². The Bertz CT molecular complexity index is 556. The third-order valence-corrected chi connectivity index (χ3v) is 6.01. The molecule has 0 spiro atoms. The normalized spacial score (nSPS) is 21.1. The van der Waals surface area contributed by atoms with E-state index in [4.69, 9.17) is 4.74 Å². The van der Waals surface area contributed by atoms with Gasteiger partial charge >= 0.3 is 0 Å². The van der Waals surface area contributed by atoms with Gasteiger partial charge < -0.3 is 10.1 Å². The van der Waals surface area contributed by atoms with Gasteiger partial charge in [0.1, 0.15) is 0 Å². The molecule has 0 aromatic heterocycles. The van der Waals surface area contributed by atoms with Crippen LogP contribution in [-0.2, 0) is 14.6 Å². The third kappa shape index (κ3) is 3.84. The molecule has 0 fully saturated rings. The summed E-state index contributed by atoms with van der Waals surface area (Å²) in [5, 5.41) is 3.39. The van der Waals surface area contributed by atoms with Gasteiger partial charge in [-0.3, -0.25) is 0 Å². The number of hydrogen-bond acceptors (Lipinski definition) is 4. The lowest BCUT2D eigenvalue weighted by Crippen LogP contribution is -2.30. The van der Waals surface area contributed by atoms with Crippen molar-refractivity contribution in [3.8, 4) is 0 Å². The number of methoxy groups -OCH3 is 1. The fourth-order valence-electron chi connectivity index (χ4n) is 3.15. The molecule has 4 nitrogen and oxygen atoms in total. The van der Waals surface area contributed by atoms with Gasteiger partial charge in [0, 0.05) is 19.6 Å². The predicted molar refractivity (Wildman–Crippen MR) is 84.4 cm³/mol. The van der Waals surface area contributed by atoms with Crippen LogP contribution in [0.5, 0.6) is 0 Å². The molecule has 1 N–H and O–H groups in total. The maximum absolute atomic E-state index is 12.3. The van der Waals surface area contributed by atoms with Crippen molar-refractivity contribution in [1.82, 2.24) is 5.32 Å². The van der Waals surface area contributed by atoms with Crippen LogP contribution in [0.4, 0.5) is 0 Å². The van der Waals surface area contributed by atoms with Crippen LogP contribution in [0.25, 0.3) is 0 Å². The first-order chi connectivity index (χ1) is 10.1. The first kappa shape index (κ1) is 16.5. The summed E-state index contributed by atoms with van der Waals surface area (Å²) in [6.45, 7) is 4.47. The van der Waals surface area contributed by atoms with Gasteiger partial charge in [0.25, 0.3) is 0 Å². The van der Waals surface area contributed by atoms with Crippen LogP contribution in [0, 0.1) is 5.92 Å². The number of rotatable bonds is 8. The van der Waals surface area contributed by atoms with E-state index in [-0.39, 0.29) is 11.7 Å². The number of fused-ring (bicyclic) bond motifs is 1. The minimum Gasteiger partial charge on any atom is -0.383 e. The van der Waals surface area contributed by atoms with E-state index in [0.717, 1.165) is 31.5 Å². The van der Waals surface area contributed by atoms with Crippen molar-refractivity contribution in [2.75, 3.05) is 32.6 Å². The Morgan fingerprint density at radius 3 is 2.86 bits per heavy atom. The highest BCUT2D eigenvalue weighted by molar-refractivity contribution is 7.91. The molecule has 1 aliphatic heterocycles. The Morgan fingerprint density at radius 1 is 1.38 bits per heavy atom. The number of sulfone groups is 1. The number of hydrogen-bond donors (Lipinski definition) is 1. The Labute approximate surface area is 127 Å². The maximum atomic E-state index is 12.3. The molecule has 1 heterocycles. The minimum atomic E-state index is -3.11. The molecule has 1 aromatic carbocycles. The molecule has 0 radical (unpaired) electrons. The van der Waals surface area contributed by atoms with E-state index in [1.54, 1.807) is 13.2 Å². The van der Waals surface area contributed by atoms with Crippen molar-refractivity contribution in [3.63, 3.8) is 0 Å². The Kier molecular flexibility index (Phi) is 5.79. The molecule has 2 atom stereocenters.